The maximum absolute atomic E-state index is 10.5. The largest absolute Gasteiger partial charge is 0.309 e. The summed E-state index contributed by atoms with van der Waals surface area (Å²) in [5.41, 5.74) is -3.85. The lowest BCUT2D eigenvalue weighted by molar-refractivity contribution is 1.18. The van der Waals surface area contributed by atoms with Crippen LogP contribution in [0.25, 0.3) is 75.2 Å². The van der Waals surface area contributed by atoms with E-state index in [0.717, 1.165) is 9.13 Å². The van der Waals surface area contributed by atoms with Gasteiger partial charge in [-0.05, 0) is 63.0 Å². The molecular weight excluding hydrogens is 737 g/mol. The van der Waals surface area contributed by atoms with E-state index in [0.29, 0.717) is 11.3 Å². The molecule has 2 nitrogen and oxygen atoms in total. The van der Waals surface area contributed by atoms with E-state index in [9.17, 15) is 20.6 Å². The number of para-hydroxylation sites is 3. The van der Waals surface area contributed by atoms with Crippen molar-refractivity contribution in [1.82, 2.24) is 9.13 Å². The van der Waals surface area contributed by atoms with Crippen molar-refractivity contribution >= 4 is 104 Å². The first-order chi connectivity index (χ1) is 41.7. The second-order valence-electron chi connectivity index (χ2n) is 12.9. The van der Waals surface area contributed by atoms with Crippen LogP contribution in [0, 0.1) is 0 Å². The van der Waals surface area contributed by atoms with Crippen molar-refractivity contribution in [3.8, 4) is 11.4 Å². The Morgan fingerprint density at radius 1 is 0.414 bits per heavy atom. The van der Waals surface area contributed by atoms with Crippen molar-refractivity contribution in [2.75, 3.05) is 0 Å². The number of thiophene rings is 1. The topological polar surface area (TPSA) is 9.86 Å². The highest BCUT2D eigenvalue weighted by Gasteiger charge is 2.41. The average molecular weight is 804 g/mol. The van der Waals surface area contributed by atoms with Crippen molar-refractivity contribution in [1.29, 1.82) is 0 Å². The van der Waals surface area contributed by atoms with E-state index in [1.807, 2.05) is 0 Å². The molecule has 0 atom stereocenters. The SMILES string of the molecule is [2H]c1c([2H])c([2H])c([Si](c2ccccc2)(c2c([2H])c([2H])c([2H])c([2H])c2[2H])c2c([2H])c([2H])c(-n3c4c([2H])c([2H])c([2H])c([2H])c4c4c([2H])c(-n5c6c([2H])c([2H])c([2H])c([2H])c6c6c([2H])c([2H])c([2H])c([2H])c65)c5sc6c([2H])c([2H])c([2H])c([2H])c6c5c43)c([2H])c2[2H])c([2H])c1[2H]. The normalized spacial score (nSPS) is 19.6. The predicted molar refractivity (Wildman–Crippen MR) is 252 cm³/mol. The summed E-state index contributed by atoms with van der Waals surface area (Å²) < 4.78 is 290. The third kappa shape index (κ3) is 4.70. The van der Waals surface area contributed by atoms with Crippen molar-refractivity contribution in [2.45, 2.75) is 0 Å². The molecule has 0 radical (unpaired) electrons. The second kappa shape index (κ2) is 13.0. The van der Waals surface area contributed by atoms with Crippen LogP contribution in [0.3, 0.4) is 0 Å². The number of nitrogens with zero attached hydrogens (tertiary/aromatic N) is 2. The Hall–Kier alpha value is -6.98. The minimum atomic E-state index is -5.64. The van der Waals surface area contributed by atoms with Crippen LogP contribution in [0.2, 0.25) is 0 Å². The lowest BCUT2D eigenvalue weighted by Crippen LogP contribution is -2.74. The van der Waals surface area contributed by atoms with Gasteiger partial charge in [-0.15, -0.1) is 11.3 Å². The fourth-order valence-electron chi connectivity index (χ4n) is 7.74. The molecule has 12 rings (SSSR count). The van der Waals surface area contributed by atoms with Crippen molar-refractivity contribution in [2.24, 2.45) is 0 Å². The molecule has 0 spiro atoms. The molecule has 0 saturated carbocycles. The molecule has 0 saturated heterocycles. The number of hydrogen-bond donors (Lipinski definition) is 0. The van der Waals surface area contributed by atoms with Crippen LogP contribution < -0.4 is 20.7 Å². The molecule has 0 aliphatic carbocycles. The third-order valence-electron chi connectivity index (χ3n) is 10.1. The Balaban J connectivity index is 1.40. The smallest absolute Gasteiger partial charge is 0.179 e. The molecule has 0 N–H and O–H groups in total. The minimum absolute atomic E-state index is 0.177. The maximum Gasteiger partial charge on any atom is 0.179 e. The van der Waals surface area contributed by atoms with Gasteiger partial charge in [-0.2, -0.15) is 0 Å². The molecule has 0 amide bonds. The molecule has 0 fully saturated rings. The Labute approximate surface area is 384 Å². The summed E-state index contributed by atoms with van der Waals surface area (Å²) in [6, 6.07) is -22.2. The number of aromatic nitrogens is 2. The van der Waals surface area contributed by atoms with E-state index >= 15 is 0 Å². The number of benzene rings is 9. The summed E-state index contributed by atoms with van der Waals surface area (Å²) in [5.74, 6) is 0. The molecule has 0 aliphatic heterocycles. The average Bonchev–Trinajstić information content (AvgIpc) is 1.64. The van der Waals surface area contributed by atoms with Gasteiger partial charge in [0.15, 0.2) is 8.07 Å². The summed E-state index contributed by atoms with van der Waals surface area (Å²) in [5, 5.41) is -5.56. The minimum Gasteiger partial charge on any atom is -0.309 e. The molecule has 0 aliphatic rings. The van der Waals surface area contributed by atoms with E-state index in [2.05, 4.69) is 0 Å². The first-order valence-electron chi connectivity index (χ1n) is 32.9. The van der Waals surface area contributed by atoms with Gasteiger partial charge in [0.05, 0.1) is 74.9 Å². The van der Waals surface area contributed by atoms with Gasteiger partial charge in [0, 0.05) is 42.7 Å². The zero-order valence-electron chi connectivity index (χ0n) is 60.2. The molecule has 3 aromatic heterocycles. The molecule has 0 bridgehead atoms. The fraction of sp³-hybridized carbons (Fsp3) is 0. The fourth-order valence-corrected chi connectivity index (χ4v) is 12.7. The molecule has 12 aromatic rings. The Kier molecular flexibility index (Phi) is 3.32. The van der Waals surface area contributed by atoms with E-state index in [4.69, 9.17) is 21.9 Å². The van der Waals surface area contributed by atoms with Gasteiger partial charge >= 0.3 is 0 Å². The molecule has 3 heterocycles. The van der Waals surface area contributed by atoms with Crippen LogP contribution in [0.4, 0.5) is 0 Å². The zero-order valence-corrected chi connectivity index (χ0v) is 31.0. The summed E-state index contributed by atoms with van der Waals surface area (Å²) in [6.07, 6.45) is 0. The van der Waals surface area contributed by atoms with Crippen LogP contribution in [0.1, 0.15) is 42.5 Å². The van der Waals surface area contributed by atoms with Crippen LogP contribution in [0.15, 0.2) is 218 Å². The van der Waals surface area contributed by atoms with Gasteiger partial charge in [0.2, 0.25) is 0 Å². The lowest BCUT2D eigenvalue weighted by Gasteiger charge is -2.34. The molecule has 272 valence electrons. The van der Waals surface area contributed by atoms with Gasteiger partial charge in [-0.25, -0.2) is 0 Å². The lowest BCUT2D eigenvalue weighted by atomic mass is 10.1. The molecule has 4 heteroatoms. The standard InChI is InChI=1S/C54H36N2SSi/c1-4-18-38(19-5-1)58(39-20-6-2-7-21-39,40-22-8-3-9-23-40)41-34-32-37(33-35-41)55-47-28-14-12-26-44(47)46-36-50(54-52(53(46)55)45-27-13-17-31-51(45)57-54)56-48-29-15-10-24-42(48)43-25-11-16-30-49(43)56/h1-36H/i1D,2D,4D,5D,6D,7D,10D,11D,12D,13D,14D,15D,16D,17D,18D,19D,20D,21D,24D,25D,26D,27D,28D,29D,30D,31D,32D,33D,34D,35D,36D. The maximum atomic E-state index is 10.5. The van der Waals surface area contributed by atoms with Crippen LogP contribution >= 0.6 is 11.3 Å². The van der Waals surface area contributed by atoms with Gasteiger partial charge in [0.25, 0.3) is 0 Å². The highest BCUT2D eigenvalue weighted by molar-refractivity contribution is 7.26. The van der Waals surface area contributed by atoms with Crippen LogP contribution in [0.5, 0.6) is 0 Å². The molecule has 9 aromatic carbocycles. The highest BCUT2D eigenvalue weighted by Crippen LogP contribution is 2.47. The number of hydrogen-bond acceptors (Lipinski definition) is 1. The van der Waals surface area contributed by atoms with Gasteiger partial charge in [-0.3, -0.25) is 0 Å². The molecular formula is C54H36N2SSi. The van der Waals surface area contributed by atoms with Crippen LogP contribution in [-0.4, -0.2) is 17.2 Å². The monoisotopic (exact) mass is 803 g/mol. The van der Waals surface area contributed by atoms with E-state index in [-0.39, 0.29) is 14.6 Å². The zero-order chi connectivity index (χ0) is 65.2. The number of fused-ring (bicyclic) bond motifs is 10. The molecule has 0 unspecified atom stereocenters. The summed E-state index contributed by atoms with van der Waals surface area (Å²) >= 11 is 0.547. The van der Waals surface area contributed by atoms with Crippen molar-refractivity contribution in [3.05, 3.63) is 218 Å². The predicted octanol–water partition coefficient (Wildman–Crippen LogP) is 11.6. The summed E-state index contributed by atoms with van der Waals surface area (Å²) in [6.45, 7) is 0. The van der Waals surface area contributed by atoms with Gasteiger partial charge in [0.1, 0.15) is 0 Å². The van der Waals surface area contributed by atoms with Gasteiger partial charge in [-0.1, -0.05) is 175 Å². The Bertz CT molecular complexity index is 5110. The first-order valence-corrected chi connectivity index (χ1v) is 20.2. The first kappa shape index (κ1) is 14.8. The summed E-state index contributed by atoms with van der Waals surface area (Å²) in [7, 11) is -5.64. The molecule has 58 heavy (non-hydrogen) atoms. The summed E-state index contributed by atoms with van der Waals surface area (Å²) in [4.78, 5) is 0. The van der Waals surface area contributed by atoms with E-state index in [1.54, 1.807) is 0 Å². The highest BCUT2D eigenvalue weighted by atomic mass is 32.1. The van der Waals surface area contributed by atoms with E-state index in [1.165, 1.54) is 30.3 Å². The van der Waals surface area contributed by atoms with Crippen molar-refractivity contribution in [3.63, 3.8) is 0 Å². The van der Waals surface area contributed by atoms with Crippen molar-refractivity contribution < 1.29 is 42.5 Å². The van der Waals surface area contributed by atoms with E-state index < -0.39 is 277 Å². The second-order valence-corrected chi connectivity index (χ2v) is 17.5. The van der Waals surface area contributed by atoms with Crippen LogP contribution in [-0.2, 0) is 0 Å². The number of rotatable bonds is 6. The van der Waals surface area contributed by atoms with Gasteiger partial charge < -0.3 is 9.13 Å². The Morgan fingerprint density at radius 2 is 0.897 bits per heavy atom. The quantitative estimate of drug-likeness (QED) is 0.117. The third-order valence-corrected chi connectivity index (χ3v) is 15.4. The Morgan fingerprint density at radius 3 is 1.50 bits per heavy atom.